The van der Waals surface area contributed by atoms with Crippen molar-refractivity contribution in [1.29, 1.82) is 0 Å². The molecule has 15 heavy (non-hydrogen) atoms. The van der Waals surface area contributed by atoms with Crippen molar-refractivity contribution in [1.82, 2.24) is 5.32 Å². The number of amides is 1. The average Bonchev–Trinajstić information content (AvgIpc) is 2.22. The molecule has 78 valence electrons. The molecule has 0 aliphatic carbocycles. The van der Waals surface area contributed by atoms with Gasteiger partial charge in [0.2, 0.25) is 0 Å². The molecule has 0 atom stereocenters. The molecule has 0 aliphatic heterocycles. The molecule has 0 saturated heterocycles. The fraction of sp³-hybridized carbons (Fsp3) is 0.182. The summed E-state index contributed by atoms with van der Waals surface area (Å²) in [6.45, 7) is 0.314. The van der Waals surface area contributed by atoms with E-state index >= 15 is 0 Å². The lowest BCUT2D eigenvalue weighted by molar-refractivity contribution is 0.0954. The van der Waals surface area contributed by atoms with Gasteiger partial charge in [-0.2, -0.15) is 0 Å². The minimum Gasteiger partial charge on any atom is -0.351 e. The van der Waals surface area contributed by atoms with E-state index in [9.17, 15) is 13.6 Å². The van der Waals surface area contributed by atoms with Crippen LogP contribution in [0.1, 0.15) is 16.8 Å². The highest BCUT2D eigenvalue weighted by molar-refractivity contribution is 5.94. The van der Waals surface area contributed by atoms with Gasteiger partial charge in [-0.15, -0.1) is 12.3 Å². The van der Waals surface area contributed by atoms with E-state index < -0.39 is 17.5 Å². The summed E-state index contributed by atoms with van der Waals surface area (Å²) in [4.78, 5) is 11.3. The first-order chi connectivity index (χ1) is 7.15. The number of benzene rings is 1. The molecule has 4 heteroatoms. The molecule has 0 fully saturated rings. The molecule has 1 aromatic rings. The summed E-state index contributed by atoms with van der Waals surface area (Å²) < 4.78 is 25.3. The quantitative estimate of drug-likeness (QED) is 0.596. The highest BCUT2D eigenvalue weighted by Gasteiger charge is 2.08. The van der Waals surface area contributed by atoms with Gasteiger partial charge in [-0.1, -0.05) is 0 Å². The minimum atomic E-state index is -1.04. The van der Waals surface area contributed by atoms with Gasteiger partial charge in [0.05, 0.1) is 0 Å². The highest BCUT2D eigenvalue weighted by Crippen LogP contribution is 2.08. The van der Waals surface area contributed by atoms with Crippen molar-refractivity contribution >= 4 is 5.91 Å². The van der Waals surface area contributed by atoms with Crippen LogP contribution in [0.3, 0.4) is 0 Å². The molecule has 1 aromatic carbocycles. The van der Waals surface area contributed by atoms with Crippen LogP contribution in [0.2, 0.25) is 0 Å². The van der Waals surface area contributed by atoms with Crippen LogP contribution in [0.25, 0.3) is 0 Å². The van der Waals surface area contributed by atoms with Crippen molar-refractivity contribution in [3.63, 3.8) is 0 Å². The van der Waals surface area contributed by atoms with Crippen LogP contribution < -0.4 is 5.32 Å². The maximum Gasteiger partial charge on any atom is 0.251 e. The van der Waals surface area contributed by atoms with Gasteiger partial charge >= 0.3 is 0 Å². The molecule has 2 nitrogen and oxygen atoms in total. The van der Waals surface area contributed by atoms with Gasteiger partial charge < -0.3 is 5.32 Å². The Morgan fingerprint density at radius 2 is 2.13 bits per heavy atom. The third-order valence-corrected chi connectivity index (χ3v) is 1.74. The molecule has 0 bridgehead atoms. The molecule has 0 saturated carbocycles. The van der Waals surface area contributed by atoms with Gasteiger partial charge in [0, 0.05) is 18.5 Å². The summed E-state index contributed by atoms with van der Waals surface area (Å²) in [6.07, 6.45) is 5.38. The zero-order chi connectivity index (χ0) is 11.3. The Hall–Kier alpha value is -1.89. The Labute approximate surface area is 86.3 Å². The number of hydrogen-bond donors (Lipinski definition) is 1. The fourth-order valence-electron chi connectivity index (χ4n) is 0.988. The number of rotatable bonds is 3. The smallest absolute Gasteiger partial charge is 0.251 e. The number of nitrogens with one attached hydrogen (secondary N) is 1. The van der Waals surface area contributed by atoms with Crippen LogP contribution in [-0.4, -0.2) is 12.5 Å². The second kappa shape index (κ2) is 5.11. The molecular weight excluding hydrogens is 200 g/mol. The third kappa shape index (κ3) is 3.06. The van der Waals surface area contributed by atoms with E-state index in [4.69, 9.17) is 6.42 Å². The summed E-state index contributed by atoms with van der Waals surface area (Å²) >= 11 is 0. The van der Waals surface area contributed by atoms with Crippen molar-refractivity contribution < 1.29 is 13.6 Å². The number of carbonyl (C=O) groups is 1. The van der Waals surface area contributed by atoms with Gasteiger partial charge in [-0.3, -0.25) is 4.79 Å². The van der Waals surface area contributed by atoms with Crippen LogP contribution in [0.15, 0.2) is 18.2 Å². The first-order valence-electron chi connectivity index (χ1n) is 4.32. The lowest BCUT2D eigenvalue weighted by Gasteiger charge is -2.03. The van der Waals surface area contributed by atoms with Gasteiger partial charge in [0.25, 0.3) is 5.91 Å². The minimum absolute atomic E-state index is 0.0749. The number of halogens is 2. The normalized spacial score (nSPS) is 9.40. The van der Waals surface area contributed by atoms with Gasteiger partial charge in [0.15, 0.2) is 11.6 Å². The molecule has 0 heterocycles. The summed E-state index contributed by atoms with van der Waals surface area (Å²) in [5.74, 6) is -0.141. The van der Waals surface area contributed by atoms with Crippen LogP contribution in [0, 0.1) is 24.0 Å². The zero-order valence-electron chi connectivity index (χ0n) is 7.89. The summed E-state index contributed by atoms with van der Waals surface area (Å²) in [7, 11) is 0. The first kappa shape index (κ1) is 11.2. The van der Waals surface area contributed by atoms with E-state index in [0.717, 1.165) is 12.1 Å². The standard InChI is InChI=1S/C11H9F2NO/c1-2-3-6-14-11(15)8-4-5-9(12)10(13)7-8/h1,4-5,7H,3,6H2,(H,14,15). The zero-order valence-corrected chi connectivity index (χ0v) is 7.89. The van der Waals surface area contributed by atoms with E-state index in [1.807, 2.05) is 0 Å². The molecule has 0 spiro atoms. The second-order valence-electron chi connectivity index (χ2n) is 2.84. The number of carbonyl (C=O) groups excluding carboxylic acids is 1. The Bertz CT molecular complexity index is 410. The Morgan fingerprint density at radius 1 is 1.40 bits per heavy atom. The van der Waals surface area contributed by atoms with E-state index in [0.29, 0.717) is 13.0 Å². The lowest BCUT2D eigenvalue weighted by Crippen LogP contribution is -2.24. The van der Waals surface area contributed by atoms with E-state index in [-0.39, 0.29) is 5.56 Å². The average molecular weight is 209 g/mol. The van der Waals surface area contributed by atoms with E-state index in [1.54, 1.807) is 0 Å². The molecular formula is C11H9F2NO. The van der Waals surface area contributed by atoms with Crippen LogP contribution in [0.5, 0.6) is 0 Å². The monoisotopic (exact) mass is 209 g/mol. The second-order valence-corrected chi connectivity index (χ2v) is 2.84. The molecule has 0 radical (unpaired) electrons. The number of hydrogen-bond acceptors (Lipinski definition) is 1. The van der Waals surface area contributed by atoms with Gasteiger partial charge in [-0.05, 0) is 18.2 Å². The Kier molecular flexibility index (Phi) is 3.81. The van der Waals surface area contributed by atoms with Crippen molar-refractivity contribution in [2.75, 3.05) is 6.54 Å². The summed E-state index contributed by atoms with van der Waals surface area (Å²) in [5, 5.41) is 2.48. The maximum absolute atomic E-state index is 12.7. The van der Waals surface area contributed by atoms with E-state index in [2.05, 4.69) is 11.2 Å². The van der Waals surface area contributed by atoms with Crippen molar-refractivity contribution in [2.45, 2.75) is 6.42 Å². The molecule has 0 unspecified atom stereocenters. The largest absolute Gasteiger partial charge is 0.351 e. The lowest BCUT2D eigenvalue weighted by atomic mass is 10.2. The third-order valence-electron chi connectivity index (χ3n) is 1.74. The predicted octanol–water partition coefficient (Wildman–Crippen LogP) is 1.72. The molecule has 1 rings (SSSR count). The SMILES string of the molecule is C#CCCNC(=O)c1ccc(F)c(F)c1. The maximum atomic E-state index is 12.7. The molecule has 0 aliphatic rings. The van der Waals surface area contributed by atoms with Gasteiger partial charge in [0.1, 0.15) is 0 Å². The molecule has 1 amide bonds. The predicted molar refractivity (Wildman–Crippen MR) is 52.1 cm³/mol. The molecule has 0 aromatic heterocycles. The highest BCUT2D eigenvalue weighted by atomic mass is 19.2. The van der Waals surface area contributed by atoms with Crippen LogP contribution in [-0.2, 0) is 0 Å². The Morgan fingerprint density at radius 3 is 2.73 bits per heavy atom. The fourth-order valence-corrected chi connectivity index (χ4v) is 0.988. The van der Waals surface area contributed by atoms with E-state index in [1.165, 1.54) is 6.07 Å². The van der Waals surface area contributed by atoms with Crippen molar-refractivity contribution in [3.8, 4) is 12.3 Å². The van der Waals surface area contributed by atoms with Crippen LogP contribution in [0.4, 0.5) is 8.78 Å². The topological polar surface area (TPSA) is 29.1 Å². The summed E-state index contributed by atoms with van der Waals surface area (Å²) in [5.41, 5.74) is 0.0749. The number of terminal acetylenes is 1. The van der Waals surface area contributed by atoms with Gasteiger partial charge in [-0.25, -0.2) is 8.78 Å². The Balaban J connectivity index is 2.67. The summed E-state index contributed by atoms with van der Waals surface area (Å²) in [6, 6.07) is 2.97. The van der Waals surface area contributed by atoms with Crippen molar-refractivity contribution in [2.24, 2.45) is 0 Å². The van der Waals surface area contributed by atoms with Crippen molar-refractivity contribution in [3.05, 3.63) is 35.4 Å². The first-order valence-corrected chi connectivity index (χ1v) is 4.32. The molecule has 1 N–H and O–H groups in total. The van der Waals surface area contributed by atoms with Crippen LogP contribution >= 0.6 is 0 Å².